The molecule has 3 aromatic rings. The summed E-state index contributed by atoms with van der Waals surface area (Å²) < 4.78 is 1.51. The van der Waals surface area contributed by atoms with E-state index in [2.05, 4.69) is 16.0 Å². The SMILES string of the molecule is O=C(Cn1c(=O)cnc2ccccc21)N1CCCC(c2cccnc2)C1. The summed E-state index contributed by atoms with van der Waals surface area (Å²) in [7, 11) is 0. The van der Waals surface area contributed by atoms with Gasteiger partial charge in [0.15, 0.2) is 0 Å². The van der Waals surface area contributed by atoms with Gasteiger partial charge < -0.3 is 4.90 Å². The standard InChI is InChI=1S/C20H20N4O2/c25-19-12-22-17-7-1-2-8-18(17)24(19)14-20(26)23-10-4-6-16(13-23)15-5-3-9-21-11-15/h1-3,5,7-9,11-12,16H,4,6,10,13-14H2. The van der Waals surface area contributed by atoms with E-state index in [4.69, 9.17) is 0 Å². The molecule has 1 saturated heterocycles. The van der Waals surface area contributed by atoms with Crippen LogP contribution in [0.1, 0.15) is 24.3 Å². The second-order valence-electron chi connectivity index (χ2n) is 6.64. The molecule has 3 heterocycles. The minimum Gasteiger partial charge on any atom is -0.341 e. The van der Waals surface area contributed by atoms with E-state index in [9.17, 15) is 9.59 Å². The van der Waals surface area contributed by atoms with Gasteiger partial charge in [-0.05, 0) is 36.6 Å². The Balaban J connectivity index is 1.55. The number of carbonyl (C=O) groups is 1. The van der Waals surface area contributed by atoms with Crippen LogP contribution in [0.3, 0.4) is 0 Å². The number of aromatic nitrogens is 3. The van der Waals surface area contributed by atoms with Crippen LogP contribution in [0.15, 0.2) is 59.8 Å². The first-order valence-corrected chi connectivity index (χ1v) is 8.84. The molecule has 6 nitrogen and oxygen atoms in total. The number of amides is 1. The molecule has 0 bridgehead atoms. The highest BCUT2D eigenvalue weighted by Crippen LogP contribution is 2.26. The Labute approximate surface area is 151 Å². The normalized spacial score (nSPS) is 17.4. The zero-order valence-corrected chi connectivity index (χ0v) is 14.4. The van der Waals surface area contributed by atoms with Gasteiger partial charge in [-0.25, -0.2) is 4.98 Å². The van der Waals surface area contributed by atoms with Crippen LogP contribution in [-0.4, -0.2) is 38.4 Å². The molecule has 0 N–H and O–H groups in total. The smallest absolute Gasteiger partial charge is 0.269 e. The lowest BCUT2D eigenvalue weighted by Crippen LogP contribution is -2.42. The summed E-state index contributed by atoms with van der Waals surface area (Å²) >= 11 is 0. The topological polar surface area (TPSA) is 68.1 Å². The fourth-order valence-corrected chi connectivity index (χ4v) is 3.61. The van der Waals surface area contributed by atoms with Gasteiger partial charge >= 0.3 is 0 Å². The number of piperidine rings is 1. The van der Waals surface area contributed by atoms with Crippen molar-refractivity contribution in [3.05, 3.63) is 70.9 Å². The predicted molar refractivity (Wildman–Crippen MR) is 98.8 cm³/mol. The van der Waals surface area contributed by atoms with Crippen molar-refractivity contribution >= 4 is 16.9 Å². The minimum atomic E-state index is -0.252. The van der Waals surface area contributed by atoms with Crippen LogP contribution >= 0.6 is 0 Å². The molecule has 0 saturated carbocycles. The molecule has 132 valence electrons. The molecule has 0 radical (unpaired) electrons. The molecule has 1 unspecified atom stereocenters. The highest BCUT2D eigenvalue weighted by Gasteiger charge is 2.25. The lowest BCUT2D eigenvalue weighted by molar-refractivity contribution is -0.133. The van der Waals surface area contributed by atoms with Gasteiger partial charge in [-0.2, -0.15) is 0 Å². The van der Waals surface area contributed by atoms with E-state index in [0.717, 1.165) is 24.9 Å². The van der Waals surface area contributed by atoms with E-state index in [1.807, 2.05) is 41.4 Å². The van der Waals surface area contributed by atoms with E-state index in [1.165, 1.54) is 10.8 Å². The molecule has 1 aliphatic rings. The number of hydrogen-bond acceptors (Lipinski definition) is 4. The number of hydrogen-bond donors (Lipinski definition) is 0. The Morgan fingerprint density at radius 1 is 1.15 bits per heavy atom. The van der Waals surface area contributed by atoms with Gasteiger partial charge in [-0.15, -0.1) is 0 Å². The van der Waals surface area contributed by atoms with Gasteiger partial charge in [-0.3, -0.25) is 19.1 Å². The average molecular weight is 348 g/mol. The number of para-hydroxylation sites is 2. The van der Waals surface area contributed by atoms with Crippen molar-refractivity contribution in [1.82, 2.24) is 19.4 Å². The number of fused-ring (bicyclic) bond motifs is 1. The third-order valence-corrected chi connectivity index (χ3v) is 4.98. The maximum atomic E-state index is 12.9. The summed E-state index contributed by atoms with van der Waals surface area (Å²) in [5.74, 6) is 0.268. The average Bonchev–Trinajstić information content (AvgIpc) is 2.71. The van der Waals surface area contributed by atoms with Crippen molar-refractivity contribution in [1.29, 1.82) is 0 Å². The molecule has 1 aromatic carbocycles. The Hall–Kier alpha value is -3.02. The Morgan fingerprint density at radius 2 is 2.04 bits per heavy atom. The fourth-order valence-electron chi connectivity index (χ4n) is 3.61. The quantitative estimate of drug-likeness (QED) is 0.728. The van der Waals surface area contributed by atoms with Crippen LogP contribution in [0.2, 0.25) is 0 Å². The summed E-state index contributed by atoms with van der Waals surface area (Å²) in [5.41, 5.74) is 2.32. The summed E-state index contributed by atoms with van der Waals surface area (Å²) in [6.45, 7) is 1.44. The van der Waals surface area contributed by atoms with Crippen LogP contribution < -0.4 is 5.56 Å². The Bertz CT molecular complexity index is 984. The molecule has 6 heteroatoms. The van der Waals surface area contributed by atoms with Gasteiger partial charge in [0.1, 0.15) is 6.54 Å². The molecular formula is C20H20N4O2. The third-order valence-electron chi connectivity index (χ3n) is 4.98. The lowest BCUT2D eigenvalue weighted by atomic mass is 9.92. The van der Waals surface area contributed by atoms with E-state index in [-0.39, 0.29) is 18.0 Å². The van der Waals surface area contributed by atoms with Crippen LogP contribution in [-0.2, 0) is 11.3 Å². The largest absolute Gasteiger partial charge is 0.341 e. The highest BCUT2D eigenvalue weighted by atomic mass is 16.2. The van der Waals surface area contributed by atoms with Gasteiger partial charge in [0.05, 0.1) is 17.2 Å². The predicted octanol–water partition coefficient (Wildman–Crippen LogP) is 2.20. The van der Waals surface area contributed by atoms with Crippen molar-refractivity contribution in [3.63, 3.8) is 0 Å². The fraction of sp³-hybridized carbons (Fsp3) is 0.300. The highest BCUT2D eigenvalue weighted by molar-refractivity contribution is 5.80. The third kappa shape index (κ3) is 3.22. The van der Waals surface area contributed by atoms with Crippen molar-refractivity contribution in [2.24, 2.45) is 0 Å². The number of nitrogens with zero attached hydrogens (tertiary/aromatic N) is 4. The van der Waals surface area contributed by atoms with Crippen molar-refractivity contribution < 1.29 is 4.79 Å². The molecule has 1 aliphatic heterocycles. The first-order chi connectivity index (χ1) is 12.7. The van der Waals surface area contributed by atoms with E-state index >= 15 is 0 Å². The monoisotopic (exact) mass is 348 g/mol. The number of carbonyl (C=O) groups excluding carboxylic acids is 1. The number of benzene rings is 1. The maximum absolute atomic E-state index is 12.9. The zero-order chi connectivity index (χ0) is 17.9. The molecular weight excluding hydrogens is 328 g/mol. The Kier molecular flexibility index (Phi) is 4.48. The first-order valence-electron chi connectivity index (χ1n) is 8.84. The van der Waals surface area contributed by atoms with E-state index in [1.54, 1.807) is 6.20 Å². The molecule has 0 aliphatic carbocycles. The molecule has 4 rings (SSSR count). The van der Waals surface area contributed by atoms with E-state index < -0.39 is 0 Å². The molecule has 1 atom stereocenters. The van der Waals surface area contributed by atoms with Crippen molar-refractivity contribution in [2.45, 2.75) is 25.3 Å². The summed E-state index contributed by atoms with van der Waals surface area (Å²) in [5, 5.41) is 0. The van der Waals surface area contributed by atoms with Gasteiger partial charge in [0.25, 0.3) is 5.56 Å². The summed E-state index contributed by atoms with van der Waals surface area (Å²) in [6.07, 6.45) is 6.92. The van der Waals surface area contributed by atoms with Gasteiger partial charge in [0, 0.05) is 31.4 Å². The second kappa shape index (κ2) is 7.07. The van der Waals surface area contributed by atoms with E-state index in [0.29, 0.717) is 23.5 Å². The molecule has 2 aromatic heterocycles. The molecule has 26 heavy (non-hydrogen) atoms. The molecule has 1 amide bonds. The lowest BCUT2D eigenvalue weighted by Gasteiger charge is -2.33. The van der Waals surface area contributed by atoms with Crippen LogP contribution in [0, 0.1) is 0 Å². The number of rotatable bonds is 3. The molecule has 1 fully saturated rings. The maximum Gasteiger partial charge on any atom is 0.269 e. The van der Waals surface area contributed by atoms with Crippen LogP contribution in [0.5, 0.6) is 0 Å². The zero-order valence-electron chi connectivity index (χ0n) is 14.4. The second-order valence-corrected chi connectivity index (χ2v) is 6.64. The minimum absolute atomic E-state index is 0.0305. The molecule has 0 spiro atoms. The van der Waals surface area contributed by atoms with Crippen molar-refractivity contribution in [2.75, 3.05) is 13.1 Å². The van der Waals surface area contributed by atoms with Crippen LogP contribution in [0.25, 0.3) is 11.0 Å². The number of pyridine rings is 1. The number of likely N-dealkylation sites (tertiary alicyclic amines) is 1. The van der Waals surface area contributed by atoms with Crippen molar-refractivity contribution in [3.8, 4) is 0 Å². The van der Waals surface area contributed by atoms with Gasteiger partial charge in [-0.1, -0.05) is 18.2 Å². The van der Waals surface area contributed by atoms with Crippen LogP contribution in [0.4, 0.5) is 0 Å². The summed E-state index contributed by atoms with van der Waals surface area (Å²) in [6, 6.07) is 11.4. The summed E-state index contributed by atoms with van der Waals surface area (Å²) in [4.78, 5) is 35.3. The Morgan fingerprint density at radius 3 is 2.88 bits per heavy atom. The van der Waals surface area contributed by atoms with Gasteiger partial charge in [0.2, 0.25) is 5.91 Å². The first kappa shape index (κ1) is 16.4.